The third kappa shape index (κ3) is 3.94. The molecule has 0 saturated heterocycles. The van der Waals surface area contributed by atoms with E-state index in [-0.39, 0.29) is 17.4 Å². The number of rotatable bonds is 4. The normalized spacial score (nSPS) is 10.9. The van der Waals surface area contributed by atoms with Gasteiger partial charge in [-0.2, -0.15) is 0 Å². The van der Waals surface area contributed by atoms with E-state index < -0.39 is 9.05 Å². The number of halogens is 1. The molecule has 0 bridgehead atoms. The van der Waals surface area contributed by atoms with Gasteiger partial charge >= 0.3 is 0 Å². The molecule has 0 heterocycles. The zero-order valence-corrected chi connectivity index (χ0v) is 12.1. The third-order valence-corrected chi connectivity index (χ3v) is 3.71. The summed E-state index contributed by atoms with van der Waals surface area (Å²) >= 11 is 0. The highest BCUT2D eigenvalue weighted by Gasteiger charge is 2.15. The van der Waals surface area contributed by atoms with Crippen molar-refractivity contribution < 1.29 is 13.2 Å². The summed E-state index contributed by atoms with van der Waals surface area (Å²) in [7, 11) is 1.61. The molecular weight excluding hydrogens is 272 g/mol. The van der Waals surface area contributed by atoms with E-state index in [1.807, 2.05) is 13.8 Å². The molecule has 1 aromatic rings. The van der Waals surface area contributed by atoms with Crippen molar-refractivity contribution in [2.45, 2.75) is 31.6 Å². The fourth-order valence-corrected chi connectivity index (χ4v) is 2.23. The number of ether oxygens (including phenoxy) is 1. The Labute approximate surface area is 113 Å². The van der Waals surface area contributed by atoms with E-state index in [2.05, 4.69) is 11.8 Å². The van der Waals surface area contributed by atoms with Gasteiger partial charge in [-0.3, -0.25) is 0 Å². The minimum atomic E-state index is -3.71. The minimum absolute atomic E-state index is 0.0850. The van der Waals surface area contributed by atoms with E-state index >= 15 is 0 Å². The van der Waals surface area contributed by atoms with Gasteiger partial charge in [0.1, 0.15) is 12.4 Å². The van der Waals surface area contributed by atoms with E-state index in [1.54, 1.807) is 19.1 Å². The summed E-state index contributed by atoms with van der Waals surface area (Å²) in [6.07, 6.45) is 0. The van der Waals surface area contributed by atoms with Crippen molar-refractivity contribution in [3.05, 3.63) is 23.8 Å². The summed E-state index contributed by atoms with van der Waals surface area (Å²) in [5.41, 5.74) is 0.801. The second-order valence-electron chi connectivity index (χ2n) is 4.01. The van der Waals surface area contributed by atoms with Crippen LogP contribution in [0.4, 0.5) is 0 Å². The Balaban J connectivity index is 3.15. The van der Waals surface area contributed by atoms with Crippen LogP contribution in [0.15, 0.2) is 23.1 Å². The fourth-order valence-electron chi connectivity index (χ4n) is 1.45. The third-order valence-electron chi connectivity index (χ3n) is 2.36. The van der Waals surface area contributed by atoms with Crippen LogP contribution < -0.4 is 4.74 Å². The topological polar surface area (TPSA) is 43.4 Å². The van der Waals surface area contributed by atoms with Crippen molar-refractivity contribution in [3.8, 4) is 17.6 Å². The number of benzene rings is 1. The molecule has 98 valence electrons. The van der Waals surface area contributed by atoms with Crippen molar-refractivity contribution in [2.24, 2.45) is 0 Å². The molecule has 0 aromatic heterocycles. The first-order valence-corrected chi connectivity index (χ1v) is 7.78. The molecule has 0 saturated carbocycles. The van der Waals surface area contributed by atoms with Gasteiger partial charge in [-0.25, -0.2) is 8.42 Å². The Bertz CT molecular complexity index is 580. The van der Waals surface area contributed by atoms with E-state index in [9.17, 15) is 8.42 Å². The van der Waals surface area contributed by atoms with Crippen molar-refractivity contribution in [1.82, 2.24) is 0 Å². The van der Waals surface area contributed by atoms with E-state index in [4.69, 9.17) is 15.4 Å². The summed E-state index contributed by atoms with van der Waals surface area (Å²) in [6.45, 7) is 5.93. The SMILES string of the molecule is CC#CCOc1ccc(S(=O)(=O)Cl)cc1C(C)C. The Hall–Kier alpha value is -1.18. The van der Waals surface area contributed by atoms with Crippen LogP contribution in [0.2, 0.25) is 0 Å². The summed E-state index contributed by atoms with van der Waals surface area (Å²) < 4.78 is 28.1. The lowest BCUT2D eigenvalue weighted by Crippen LogP contribution is -2.01. The summed E-state index contributed by atoms with van der Waals surface area (Å²) in [5.74, 6) is 6.29. The van der Waals surface area contributed by atoms with Crippen LogP contribution in [0.25, 0.3) is 0 Å². The predicted octanol–water partition coefficient (Wildman–Crippen LogP) is 3.14. The molecule has 0 unspecified atom stereocenters. The van der Waals surface area contributed by atoms with Crippen LogP contribution in [-0.4, -0.2) is 15.0 Å². The lowest BCUT2D eigenvalue weighted by molar-refractivity contribution is 0.364. The zero-order chi connectivity index (χ0) is 13.8. The summed E-state index contributed by atoms with van der Waals surface area (Å²) in [6, 6.07) is 4.59. The Kier molecular flexibility index (Phi) is 5.06. The first kappa shape index (κ1) is 14.9. The van der Waals surface area contributed by atoms with Crippen LogP contribution in [0.3, 0.4) is 0 Å². The van der Waals surface area contributed by atoms with E-state index in [0.29, 0.717) is 5.75 Å². The van der Waals surface area contributed by atoms with Gasteiger partial charge in [0.15, 0.2) is 0 Å². The number of hydrogen-bond acceptors (Lipinski definition) is 3. The molecular formula is C13H15ClO3S. The van der Waals surface area contributed by atoms with Crippen LogP contribution in [0.1, 0.15) is 32.3 Å². The van der Waals surface area contributed by atoms with Gasteiger partial charge in [0, 0.05) is 10.7 Å². The molecule has 0 N–H and O–H groups in total. The minimum Gasteiger partial charge on any atom is -0.481 e. The Morgan fingerprint density at radius 1 is 1.39 bits per heavy atom. The molecule has 3 nitrogen and oxygen atoms in total. The molecule has 1 rings (SSSR count). The Morgan fingerprint density at radius 2 is 2.06 bits per heavy atom. The highest BCUT2D eigenvalue weighted by atomic mass is 35.7. The molecule has 0 fully saturated rings. The maximum absolute atomic E-state index is 11.3. The standard InChI is InChI=1S/C13H15ClO3S/c1-4-5-8-17-13-7-6-11(18(14,15)16)9-12(13)10(2)3/h6-7,9-10H,8H2,1-3H3. The average Bonchev–Trinajstić information content (AvgIpc) is 2.28. The van der Waals surface area contributed by atoms with Crippen molar-refractivity contribution >= 4 is 19.7 Å². The molecule has 0 spiro atoms. The average molecular weight is 287 g/mol. The van der Waals surface area contributed by atoms with Crippen molar-refractivity contribution in [1.29, 1.82) is 0 Å². The van der Waals surface area contributed by atoms with E-state index in [0.717, 1.165) is 5.56 Å². The molecule has 0 radical (unpaired) electrons. The molecule has 0 amide bonds. The Morgan fingerprint density at radius 3 is 2.56 bits per heavy atom. The van der Waals surface area contributed by atoms with Gasteiger partial charge in [0.25, 0.3) is 9.05 Å². The lowest BCUT2D eigenvalue weighted by atomic mass is 10.0. The highest BCUT2D eigenvalue weighted by Crippen LogP contribution is 2.30. The summed E-state index contributed by atoms with van der Waals surface area (Å²) in [5, 5.41) is 0. The van der Waals surface area contributed by atoms with Crippen LogP contribution in [0.5, 0.6) is 5.75 Å². The van der Waals surface area contributed by atoms with Crippen LogP contribution in [0, 0.1) is 11.8 Å². The molecule has 1 aromatic carbocycles. The van der Waals surface area contributed by atoms with Crippen molar-refractivity contribution in [2.75, 3.05) is 6.61 Å². The molecule has 0 aliphatic carbocycles. The lowest BCUT2D eigenvalue weighted by Gasteiger charge is -2.13. The smallest absolute Gasteiger partial charge is 0.261 e. The molecule has 0 aliphatic rings. The quantitative estimate of drug-likeness (QED) is 0.631. The van der Waals surface area contributed by atoms with Crippen LogP contribution in [-0.2, 0) is 9.05 Å². The fraction of sp³-hybridized carbons (Fsp3) is 0.385. The number of hydrogen-bond donors (Lipinski definition) is 0. The first-order chi connectivity index (χ1) is 8.36. The summed E-state index contributed by atoms with van der Waals surface area (Å²) in [4.78, 5) is 0.0850. The predicted molar refractivity (Wildman–Crippen MR) is 72.5 cm³/mol. The maximum atomic E-state index is 11.3. The molecule has 0 atom stereocenters. The van der Waals surface area contributed by atoms with Gasteiger partial charge in [-0.15, -0.1) is 5.92 Å². The first-order valence-electron chi connectivity index (χ1n) is 5.47. The maximum Gasteiger partial charge on any atom is 0.261 e. The van der Waals surface area contributed by atoms with Crippen LogP contribution >= 0.6 is 10.7 Å². The van der Waals surface area contributed by atoms with Crippen molar-refractivity contribution in [3.63, 3.8) is 0 Å². The second-order valence-corrected chi connectivity index (χ2v) is 6.57. The zero-order valence-electron chi connectivity index (χ0n) is 10.5. The van der Waals surface area contributed by atoms with Gasteiger partial charge in [0.2, 0.25) is 0 Å². The van der Waals surface area contributed by atoms with Gasteiger partial charge in [-0.05, 0) is 36.6 Å². The van der Waals surface area contributed by atoms with E-state index in [1.165, 1.54) is 6.07 Å². The molecule has 18 heavy (non-hydrogen) atoms. The second kappa shape index (κ2) is 6.12. The van der Waals surface area contributed by atoms with Gasteiger partial charge < -0.3 is 4.74 Å². The van der Waals surface area contributed by atoms with Gasteiger partial charge in [0.05, 0.1) is 4.90 Å². The largest absolute Gasteiger partial charge is 0.481 e. The monoisotopic (exact) mass is 286 g/mol. The molecule has 0 aliphatic heterocycles. The highest BCUT2D eigenvalue weighted by molar-refractivity contribution is 8.13. The van der Waals surface area contributed by atoms with Gasteiger partial charge in [-0.1, -0.05) is 19.8 Å². The molecule has 5 heteroatoms.